The van der Waals surface area contributed by atoms with Gasteiger partial charge in [-0.2, -0.15) is 0 Å². The van der Waals surface area contributed by atoms with E-state index in [0.29, 0.717) is 6.54 Å². The number of nitrogens with one attached hydrogen (secondary N) is 1. The quantitative estimate of drug-likeness (QED) is 0.645. The lowest BCUT2D eigenvalue weighted by Crippen LogP contribution is -2.03. The summed E-state index contributed by atoms with van der Waals surface area (Å²) in [6.45, 7) is 2.73. The van der Waals surface area contributed by atoms with E-state index in [-0.39, 0.29) is 0 Å². The molecule has 0 aliphatic rings. The van der Waals surface area contributed by atoms with Crippen LogP contribution in [0.3, 0.4) is 0 Å². The number of hydrogen-bond donors (Lipinski definition) is 1. The van der Waals surface area contributed by atoms with Gasteiger partial charge in [-0.25, -0.2) is 4.98 Å². The molecule has 2 rings (SSSR count). The van der Waals surface area contributed by atoms with E-state index in [0.717, 1.165) is 5.69 Å². The molecule has 3 heteroatoms. The van der Waals surface area contributed by atoms with Gasteiger partial charge < -0.3 is 5.32 Å². The monoisotopic (exact) mass is 228 g/mol. The Labute approximate surface area is 99.4 Å². The van der Waals surface area contributed by atoms with Gasteiger partial charge in [0.1, 0.15) is 0 Å². The molecule has 0 fully saturated rings. The lowest BCUT2D eigenvalue weighted by atomic mass is 10.1. The fourth-order valence-corrected chi connectivity index (χ4v) is 2.32. The van der Waals surface area contributed by atoms with Gasteiger partial charge in [0.05, 0.1) is 16.1 Å². The van der Waals surface area contributed by atoms with Crippen LogP contribution in [0.5, 0.6) is 0 Å². The number of hydrogen-bond acceptors (Lipinski definition) is 3. The molecule has 0 amide bonds. The summed E-state index contributed by atoms with van der Waals surface area (Å²) in [5.41, 5.74) is 5.35. The van der Waals surface area contributed by atoms with E-state index in [1.54, 1.807) is 11.3 Å². The van der Waals surface area contributed by atoms with Crippen molar-refractivity contribution in [3.05, 3.63) is 41.0 Å². The molecule has 2 aromatic rings. The summed E-state index contributed by atoms with van der Waals surface area (Å²) >= 11 is 1.67. The predicted octanol–water partition coefficient (Wildman–Crippen LogP) is 2.80. The molecule has 0 radical (unpaired) electrons. The molecule has 0 aliphatic heterocycles. The van der Waals surface area contributed by atoms with E-state index >= 15 is 0 Å². The fourth-order valence-electron chi connectivity index (χ4n) is 1.51. The van der Waals surface area contributed by atoms with E-state index in [4.69, 9.17) is 6.42 Å². The number of thiazole rings is 1. The zero-order chi connectivity index (χ0) is 11.4. The van der Waals surface area contributed by atoms with Crippen LogP contribution >= 0.6 is 11.3 Å². The summed E-state index contributed by atoms with van der Waals surface area (Å²) in [4.78, 5) is 5.48. The maximum absolute atomic E-state index is 5.14. The van der Waals surface area contributed by atoms with Crippen LogP contribution < -0.4 is 5.32 Å². The van der Waals surface area contributed by atoms with Gasteiger partial charge in [0.2, 0.25) is 0 Å². The van der Waals surface area contributed by atoms with Crippen LogP contribution in [0.1, 0.15) is 11.3 Å². The van der Waals surface area contributed by atoms with Crippen LogP contribution in [-0.2, 0) is 6.54 Å². The molecule has 0 atom stereocenters. The van der Waals surface area contributed by atoms with Crippen LogP contribution in [0.25, 0.3) is 10.4 Å². The topological polar surface area (TPSA) is 24.9 Å². The smallest absolute Gasteiger partial charge is 0.0801 e. The molecule has 2 nitrogen and oxygen atoms in total. The minimum atomic E-state index is 0.707. The molecule has 1 heterocycles. The Hall–Kier alpha value is -1.79. The summed E-state index contributed by atoms with van der Waals surface area (Å²) in [6, 6.07) is 10.8. The maximum Gasteiger partial charge on any atom is 0.0801 e. The van der Waals surface area contributed by atoms with Crippen LogP contribution in [0.2, 0.25) is 0 Å². The number of nitrogens with zero attached hydrogens (tertiary/aromatic N) is 1. The molecular formula is C13H12N2S. The first kappa shape index (κ1) is 10.7. The lowest BCUT2D eigenvalue weighted by molar-refractivity contribution is 0.901. The van der Waals surface area contributed by atoms with Crippen molar-refractivity contribution >= 4 is 11.3 Å². The third-order valence-corrected chi connectivity index (χ3v) is 3.33. The Kier molecular flexibility index (Phi) is 3.23. The second kappa shape index (κ2) is 4.82. The average molecular weight is 228 g/mol. The third-order valence-electron chi connectivity index (χ3n) is 2.36. The predicted molar refractivity (Wildman–Crippen MR) is 68.0 cm³/mol. The molecular weight excluding hydrogens is 216 g/mol. The summed E-state index contributed by atoms with van der Waals surface area (Å²) in [5.74, 6) is 0. The zero-order valence-electron chi connectivity index (χ0n) is 9.03. The van der Waals surface area contributed by atoms with Crippen molar-refractivity contribution in [2.24, 2.45) is 0 Å². The van der Waals surface area contributed by atoms with Crippen LogP contribution in [-0.4, -0.2) is 4.98 Å². The molecule has 1 N–H and O–H groups in total. The van der Waals surface area contributed by atoms with Crippen molar-refractivity contribution in [2.45, 2.75) is 13.5 Å². The molecule has 1 aromatic heterocycles. The maximum atomic E-state index is 5.14. The number of benzene rings is 1. The van der Waals surface area contributed by atoms with Gasteiger partial charge in [-0.15, -0.1) is 11.3 Å². The Bertz CT molecular complexity index is 505. The van der Waals surface area contributed by atoms with Gasteiger partial charge in [0, 0.05) is 12.6 Å². The summed E-state index contributed by atoms with van der Waals surface area (Å²) in [7, 11) is 0. The Morgan fingerprint density at radius 3 is 2.69 bits per heavy atom. The van der Waals surface area contributed by atoms with Crippen molar-refractivity contribution in [1.29, 1.82) is 0 Å². The molecule has 0 unspecified atom stereocenters. The molecule has 0 spiro atoms. The van der Waals surface area contributed by atoms with E-state index in [2.05, 4.69) is 40.6 Å². The fraction of sp³-hybridized carbons (Fsp3) is 0.154. The van der Waals surface area contributed by atoms with Crippen molar-refractivity contribution < 1.29 is 0 Å². The number of aryl methyl sites for hydroxylation is 1. The first-order valence-electron chi connectivity index (χ1n) is 4.99. The Morgan fingerprint density at radius 2 is 2.12 bits per heavy atom. The summed E-state index contributed by atoms with van der Waals surface area (Å²) < 4.78 is 0. The average Bonchev–Trinajstić information content (AvgIpc) is 2.74. The summed E-state index contributed by atoms with van der Waals surface area (Å²) in [5, 5.41) is 2.85. The Morgan fingerprint density at radius 1 is 1.38 bits per heavy atom. The molecule has 0 saturated carbocycles. The highest BCUT2D eigenvalue weighted by atomic mass is 32.1. The van der Waals surface area contributed by atoms with E-state index in [1.165, 1.54) is 16.0 Å². The lowest BCUT2D eigenvalue weighted by Gasteiger charge is -2.02. The molecule has 80 valence electrons. The van der Waals surface area contributed by atoms with E-state index in [9.17, 15) is 0 Å². The number of aromatic nitrogens is 1. The van der Waals surface area contributed by atoms with Crippen LogP contribution in [0.15, 0.2) is 29.8 Å². The normalized spacial score (nSPS) is 9.75. The molecule has 0 saturated heterocycles. The molecule has 1 aromatic carbocycles. The van der Waals surface area contributed by atoms with E-state index < -0.39 is 0 Å². The van der Waals surface area contributed by atoms with Gasteiger partial charge in [0.25, 0.3) is 0 Å². The minimum absolute atomic E-state index is 0.707. The second-order valence-corrected chi connectivity index (χ2v) is 4.32. The highest BCUT2D eigenvalue weighted by molar-refractivity contribution is 7.13. The summed E-state index contributed by atoms with van der Waals surface area (Å²) in [6.07, 6.45) is 5.14. The molecule has 0 bridgehead atoms. The van der Waals surface area contributed by atoms with Gasteiger partial charge in [-0.05, 0) is 18.1 Å². The number of terminal acetylenes is 1. The zero-order valence-corrected chi connectivity index (χ0v) is 9.84. The van der Waals surface area contributed by atoms with Gasteiger partial charge in [-0.3, -0.25) is 0 Å². The van der Waals surface area contributed by atoms with Gasteiger partial charge in [-0.1, -0.05) is 30.7 Å². The Balaban J connectivity index is 2.20. The largest absolute Gasteiger partial charge is 0.342 e. The highest BCUT2D eigenvalue weighted by Gasteiger charge is 2.03. The van der Waals surface area contributed by atoms with Crippen molar-refractivity contribution in [3.63, 3.8) is 0 Å². The SMILES string of the molecule is C#CNCc1ccc(-c2scnc2C)cc1. The molecule has 16 heavy (non-hydrogen) atoms. The highest BCUT2D eigenvalue weighted by Crippen LogP contribution is 2.27. The van der Waals surface area contributed by atoms with Gasteiger partial charge >= 0.3 is 0 Å². The van der Waals surface area contributed by atoms with Crippen molar-refractivity contribution in [2.75, 3.05) is 0 Å². The van der Waals surface area contributed by atoms with Crippen LogP contribution in [0.4, 0.5) is 0 Å². The second-order valence-electron chi connectivity index (χ2n) is 3.46. The standard InChI is InChI=1S/C13H12N2S/c1-3-14-8-11-4-6-12(7-5-11)13-10(2)15-9-16-13/h1,4-7,9,14H,8H2,2H3. The van der Waals surface area contributed by atoms with Crippen molar-refractivity contribution in [1.82, 2.24) is 10.3 Å². The van der Waals surface area contributed by atoms with Crippen LogP contribution in [0, 0.1) is 19.4 Å². The van der Waals surface area contributed by atoms with Crippen molar-refractivity contribution in [3.8, 4) is 22.9 Å². The molecule has 0 aliphatic carbocycles. The third kappa shape index (κ3) is 2.23. The van der Waals surface area contributed by atoms with Gasteiger partial charge in [0.15, 0.2) is 0 Å². The number of rotatable bonds is 3. The minimum Gasteiger partial charge on any atom is -0.342 e. The first-order valence-corrected chi connectivity index (χ1v) is 5.87. The first-order chi connectivity index (χ1) is 7.81. The van der Waals surface area contributed by atoms with E-state index in [1.807, 2.05) is 12.4 Å².